The van der Waals surface area contributed by atoms with Gasteiger partial charge in [-0.15, -0.1) is 0 Å². The van der Waals surface area contributed by atoms with E-state index < -0.39 is 10.0 Å². The second-order valence-corrected chi connectivity index (χ2v) is 7.82. The van der Waals surface area contributed by atoms with Gasteiger partial charge in [-0.05, 0) is 43.7 Å². The van der Waals surface area contributed by atoms with Gasteiger partial charge in [-0.25, -0.2) is 13.6 Å². The van der Waals surface area contributed by atoms with E-state index in [0.717, 1.165) is 16.9 Å². The summed E-state index contributed by atoms with van der Waals surface area (Å²) in [5, 5.41) is 5.07. The molecule has 1 saturated heterocycles. The van der Waals surface area contributed by atoms with Crippen LogP contribution in [0.5, 0.6) is 5.75 Å². The summed E-state index contributed by atoms with van der Waals surface area (Å²) >= 11 is 0. The van der Waals surface area contributed by atoms with E-state index in [-0.39, 0.29) is 24.2 Å². The van der Waals surface area contributed by atoms with Gasteiger partial charge >= 0.3 is 0 Å². The molecule has 0 aliphatic carbocycles. The second-order valence-electron chi connectivity index (χ2n) is 6.16. The number of carbonyl (C=O) groups excluding carboxylic acids is 1. The lowest BCUT2D eigenvalue weighted by atomic mass is 9.99. The summed E-state index contributed by atoms with van der Waals surface area (Å²) in [5.74, 6) is 0.716. The predicted molar refractivity (Wildman–Crippen MR) is 88.7 cm³/mol. The van der Waals surface area contributed by atoms with E-state index in [2.05, 4.69) is 0 Å². The minimum Gasteiger partial charge on any atom is -0.483 e. The number of piperidine rings is 1. The van der Waals surface area contributed by atoms with Gasteiger partial charge in [0.1, 0.15) is 5.75 Å². The Balaban J connectivity index is 1.84. The third kappa shape index (κ3) is 5.21. The quantitative estimate of drug-likeness (QED) is 0.872. The van der Waals surface area contributed by atoms with Crippen molar-refractivity contribution in [1.29, 1.82) is 0 Å². The molecule has 7 heteroatoms. The van der Waals surface area contributed by atoms with Gasteiger partial charge in [0, 0.05) is 13.1 Å². The van der Waals surface area contributed by atoms with Crippen LogP contribution in [0, 0.1) is 19.8 Å². The van der Waals surface area contributed by atoms with E-state index in [1.54, 1.807) is 4.90 Å². The van der Waals surface area contributed by atoms with E-state index in [1.807, 2.05) is 32.0 Å². The number of likely N-dealkylation sites (tertiary alicyclic amines) is 1. The highest BCUT2D eigenvalue weighted by Gasteiger charge is 2.25. The van der Waals surface area contributed by atoms with Crippen LogP contribution in [0.2, 0.25) is 0 Å². The number of sulfonamides is 1. The fourth-order valence-electron chi connectivity index (χ4n) is 2.93. The molecule has 0 aromatic heterocycles. The van der Waals surface area contributed by atoms with Crippen molar-refractivity contribution in [3.63, 3.8) is 0 Å². The molecule has 2 rings (SSSR count). The first kappa shape index (κ1) is 17.7. The summed E-state index contributed by atoms with van der Waals surface area (Å²) < 4.78 is 27.9. The van der Waals surface area contributed by atoms with Crippen LogP contribution in [-0.4, -0.2) is 44.7 Å². The summed E-state index contributed by atoms with van der Waals surface area (Å²) in [6.07, 6.45) is 1.32. The van der Waals surface area contributed by atoms with Gasteiger partial charge in [0.15, 0.2) is 6.61 Å². The molecule has 2 N–H and O–H groups in total. The lowest BCUT2D eigenvalue weighted by molar-refractivity contribution is -0.134. The molecule has 1 amide bonds. The monoisotopic (exact) mass is 340 g/mol. The minimum absolute atomic E-state index is 0.00550. The maximum atomic E-state index is 12.2. The Morgan fingerprint density at radius 2 is 1.83 bits per heavy atom. The summed E-state index contributed by atoms with van der Waals surface area (Å²) in [7, 11) is -3.45. The topological polar surface area (TPSA) is 89.7 Å². The Labute approximate surface area is 137 Å². The molecular formula is C16H24N2O4S. The molecule has 1 fully saturated rings. The molecule has 23 heavy (non-hydrogen) atoms. The van der Waals surface area contributed by atoms with Crippen LogP contribution in [0.1, 0.15) is 24.0 Å². The van der Waals surface area contributed by atoms with Crippen molar-refractivity contribution >= 4 is 15.9 Å². The van der Waals surface area contributed by atoms with E-state index in [9.17, 15) is 13.2 Å². The number of hydrogen-bond donors (Lipinski definition) is 1. The summed E-state index contributed by atoms with van der Waals surface area (Å²) in [6, 6.07) is 5.85. The number of carbonyl (C=O) groups is 1. The van der Waals surface area contributed by atoms with Crippen LogP contribution in [0.25, 0.3) is 0 Å². The van der Waals surface area contributed by atoms with E-state index in [4.69, 9.17) is 9.88 Å². The molecule has 1 aliphatic rings. The smallest absolute Gasteiger partial charge is 0.260 e. The molecule has 6 nitrogen and oxygen atoms in total. The molecular weight excluding hydrogens is 316 g/mol. The maximum Gasteiger partial charge on any atom is 0.260 e. The van der Waals surface area contributed by atoms with Gasteiger partial charge in [0.25, 0.3) is 5.91 Å². The fraction of sp³-hybridized carbons (Fsp3) is 0.562. The number of nitrogens with two attached hydrogens (primary N) is 1. The molecule has 1 aromatic rings. The fourth-order valence-corrected chi connectivity index (χ4v) is 3.92. The average Bonchev–Trinajstić information content (AvgIpc) is 2.45. The molecule has 0 atom stereocenters. The number of ether oxygens (including phenoxy) is 1. The highest BCUT2D eigenvalue weighted by molar-refractivity contribution is 7.89. The van der Waals surface area contributed by atoms with Gasteiger partial charge < -0.3 is 9.64 Å². The van der Waals surface area contributed by atoms with Crippen molar-refractivity contribution in [3.05, 3.63) is 29.3 Å². The molecule has 128 valence electrons. The molecule has 1 aliphatic heterocycles. The maximum absolute atomic E-state index is 12.2. The molecule has 0 radical (unpaired) electrons. The molecule has 0 saturated carbocycles. The van der Waals surface area contributed by atoms with Crippen molar-refractivity contribution in [3.8, 4) is 5.75 Å². The molecule has 0 unspecified atom stereocenters. The highest BCUT2D eigenvalue weighted by atomic mass is 32.2. The van der Waals surface area contributed by atoms with Crippen LogP contribution in [0.15, 0.2) is 18.2 Å². The van der Waals surface area contributed by atoms with Crippen molar-refractivity contribution < 1.29 is 17.9 Å². The summed E-state index contributed by atoms with van der Waals surface area (Å²) in [6.45, 7) is 5.01. The zero-order chi connectivity index (χ0) is 17.0. The first-order valence-electron chi connectivity index (χ1n) is 7.73. The summed E-state index contributed by atoms with van der Waals surface area (Å²) in [4.78, 5) is 14.0. The van der Waals surface area contributed by atoms with E-state index in [1.165, 1.54) is 0 Å². The zero-order valence-corrected chi connectivity index (χ0v) is 14.4. The predicted octanol–water partition coefficient (Wildman–Crippen LogP) is 1.21. The number of primary sulfonamides is 1. The van der Waals surface area contributed by atoms with Crippen LogP contribution in [0.4, 0.5) is 0 Å². The third-order valence-electron chi connectivity index (χ3n) is 4.18. The number of hydrogen-bond acceptors (Lipinski definition) is 4. The van der Waals surface area contributed by atoms with Crippen molar-refractivity contribution in [2.45, 2.75) is 26.7 Å². The number of nitrogens with zero attached hydrogens (tertiary/aromatic N) is 1. The Hall–Kier alpha value is -1.60. The lowest BCUT2D eigenvalue weighted by Crippen LogP contribution is -2.42. The minimum atomic E-state index is -3.45. The average molecular weight is 340 g/mol. The second kappa shape index (κ2) is 7.31. The first-order chi connectivity index (χ1) is 10.8. The van der Waals surface area contributed by atoms with Gasteiger partial charge in [0.05, 0.1) is 5.75 Å². The van der Waals surface area contributed by atoms with Gasteiger partial charge in [0.2, 0.25) is 10.0 Å². The summed E-state index contributed by atoms with van der Waals surface area (Å²) in [5.41, 5.74) is 2.01. The third-order valence-corrected chi connectivity index (χ3v) is 5.12. The number of rotatable bonds is 5. The zero-order valence-electron chi connectivity index (χ0n) is 13.6. The van der Waals surface area contributed by atoms with E-state index >= 15 is 0 Å². The Morgan fingerprint density at radius 3 is 2.35 bits per heavy atom. The highest BCUT2D eigenvalue weighted by Crippen LogP contribution is 2.23. The van der Waals surface area contributed by atoms with Gasteiger partial charge in [-0.2, -0.15) is 0 Å². The van der Waals surface area contributed by atoms with Crippen LogP contribution in [-0.2, 0) is 14.8 Å². The number of aryl methyl sites for hydroxylation is 2. The Kier molecular flexibility index (Phi) is 5.64. The van der Waals surface area contributed by atoms with Crippen LogP contribution >= 0.6 is 0 Å². The van der Waals surface area contributed by atoms with Crippen LogP contribution < -0.4 is 9.88 Å². The Bertz CT molecular complexity index is 644. The van der Waals surface area contributed by atoms with Crippen LogP contribution in [0.3, 0.4) is 0 Å². The lowest BCUT2D eigenvalue weighted by Gasteiger charge is -2.31. The molecule has 1 aromatic carbocycles. The molecule has 0 spiro atoms. The van der Waals surface area contributed by atoms with Gasteiger partial charge in [-0.3, -0.25) is 4.79 Å². The first-order valence-corrected chi connectivity index (χ1v) is 9.45. The molecule has 1 heterocycles. The normalized spacial score (nSPS) is 16.4. The number of benzene rings is 1. The van der Waals surface area contributed by atoms with Crippen molar-refractivity contribution in [2.24, 2.45) is 11.1 Å². The number of amides is 1. The Morgan fingerprint density at radius 1 is 1.26 bits per heavy atom. The SMILES string of the molecule is Cc1cccc(C)c1OCC(=O)N1CCC(CS(N)(=O)=O)CC1. The largest absolute Gasteiger partial charge is 0.483 e. The number of para-hydroxylation sites is 1. The van der Waals surface area contributed by atoms with E-state index in [0.29, 0.717) is 25.9 Å². The molecule has 0 bridgehead atoms. The van der Waals surface area contributed by atoms with Gasteiger partial charge in [-0.1, -0.05) is 18.2 Å². The van der Waals surface area contributed by atoms with Crippen molar-refractivity contribution in [2.75, 3.05) is 25.4 Å². The standard InChI is InChI=1S/C16H24N2O4S/c1-12-4-3-5-13(2)16(12)22-10-15(19)18-8-6-14(7-9-18)11-23(17,20)21/h3-5,14H,6-11H2,1-2H3,(H2,17,20,21). The van der Waals surface area contributed by atoms with Crippen molar-refractivity contribution in [1.82, 2.24) is 4.90 Å².